The minimum absolute atomic E-state index is 0.359. The Labute approximate surface area is 132 Å². The molecule has 1 aromatic carbocycles. The minimum atomic E-state index is 0.359. The van der Waals surface area contributed by atoms with Gasteiger partial charge in [0.1, 0.15) is 10.7 Å². The summed E-state index contributed by atoms with van der Waals surface area (Å²) in [6.45, 7) is 2.88. The van der Waals surface area contributed by atoms with Crippen LogP contribution in [0, 0.1) is 5.92 Å². The lowest BCUT2D eigenvalue weighted by atomic mass is 9.85. The van der Waals surface area contributed by atoms with Crippen LogP contribution in [0.1, 0.15) is 50.2 Å². The number of methoxy groups -OCH3 is 1. The third kappa shape index (κ3) is 4.42. The molecule has 2 unspecified atom stereocenters. The van der Waals surface area contributed by atoms with Crippen molar-refractivity contribution in [2.75, 3.05) is 7.11 Å². The van der Waals surface area contributed by atoms with Crippen molar-refractivity contribution in [2.24, 2.45) is 11.7 Å². The number of rotatable bonds is 6. The predicted octanol–water partition coefficient (Wildman–Crippen LogP) is 3.81. The van der Waals surface area contributed by atoms with Crippen molar-refractivity contribution >= 4 is 17.2 Å². The Kier molecular flexibility index (Phi) is 6.00. The van der Waals surface area contributed by atoms with E-state index in [9.17, 15) is 0 Å². The molecule has 1 fully saturated rings. The van der Waals surface area contributed by atoms with Gasteiger partial charge in [-0.2, -0.15) is 0 Å². The standard InChI is InChI=1S/C17H25NO2S/c1-3-12-5-4-6-14(9-12)20-11-13-7-8-16(19-2)15(10-13)17(18)21/h7-8,10,12,14H,3-6,9,11H2,1-2H3,(H2,18,21). The molecule has 1 saturated carbocycles. The Balaban J connectivity index is 1.97. The Morgan fingerprint density at radius 2 is 2.19 bits per heavy atom. The molecule has 0 radical (unpaired) electrons. The highest BCUT2D eigenvalue weighted by atomic mass is 32.1. The van der Waals surface area contributed by atoms with E-state index in [0.717, 1.165) is 22.8 Å². The van der Waals surface area contributed by atoms with Crippen molar-refractivity contribution in [3.63, 3.8) is 0 Å². The molecule has 116 valence electrons. The minimum Gasteiger partial charge on any atom is -0.496 e. The second-order valence-corrected chi connectivity index (χ2v) is 6.21. The van der Waals surface area contributed by atoms with Crippen LogP contribution in [0.25, 0.3) is 0 Å². The summed E-state index contributed by atoms with van der Waals surface area (Å²) in [6.07, 6.45) is 6.64. The maximum atomic E-state index is 6.08. The molecule has 1 aliphatic rings. The van der Waals surface area contributed by atoms with Gasteiger partial charge in [-0.15, -0.1) is 0 Å². The van der Waals surface area contributed by atoms with Gasteiger partial charge in [-0.25, -0.2) is 0 Å². The van der Waals surface area contributed by atoms with Crippen molar-refractivity contribution in [3.05, 3.63) is 29.3 Å². The van der Waals surface area contributed by atoms with E-state index in [1.54, 1.807) is 7.11 Å². The summed E-state index contributed by atoms with van der Waals surface area (Å²) in [6, 6.07) is 5.89. The lowest BCUT2D eigenvalue weighted by Crippen LogP contribution is -2.22. The molecular formula is C17H25NO2S. The largest absolute Gasteiger partial charge is 0.496 e. The normalized spacial score (nSPS) is 22.0. The average Bonchev–Trinajstić information content (AvgIpc) is 2.52. The summed E-state index contributed by atoms with van der Waals surface area (Å²) < 4.78 is 11.4. The maximum absolute atomic E-state index is 6.08. The van der Waals surface area contributed by atoms with E-state index < -0.39 is 0 Å². The number of nitrogens with two attached hydrogens (primary N) is 1. The van der Waals surface area contributed by atoms with Gasteiger partial charge in [0.15, 0.2) is 0 Å². The van der Waals surface area contributed by atoms with E-state index >= 15 is 0 Å². The van der Waals surface area contributed by atoms with Crippen LogP contribution in [0.15, 0.2) is 18.2 Å². The van der Waals surface area contributed by atoms with E-state index in [1.165, 1.54) is 32.1 Å². The van der Waals surface area contributed by atoms with Crippen LogP contribution in [-0.4, -0.2) is 18.2 Å². The smallest absolute Gasteiger partial charge is 0.129 e. The van der Waals surface area contributed by atoms with Gasteiger partial charge in [0.25, 0.3) is 0 Å². The molecule has 0 amide bonds. The van der Waals surface area contributed by atoms with Gasteiger partial charge in [-0.05, 0) is 36.5 Å². The number of benzene rings is 1. The zero-order chi connectivity index (χ0) is 15.2. The summed E-state index contributed by atoms with van der Waals surface area (Å²) in [5.74, 6) is 1.54. The number of hydrogen-bond donors (Lipinski definition) is 1. The van der Waals surface area contributed by atoms with E-state index in [4.69, 9.17) is 27.4 Å². The van der Waals surface area contributed by atoms with Gasteiger partial charge in [0, 0.05) is 0 Å². The zero-order valence-electron chi connectivity index (χ0n) is 12.9. The van der Waals surface area contributed by atoms with E-state index in [2.05, 4.69) is 6.92 Å². The first-order valence-corrected chi connectivity index (χ1v) is 8.13. The Morgan fingerprint density at radius 3 is 2.86 bits per heavy atom. The molecule has 2 atom stereocenters. The van der Waals surface area contributed by atoms with Crippen molar-refractivity contribution in [1.82, 2.24) is 0 Å². The molecule has 1 aliphatic carbocycles. The summed E-state index contributed by atoms with van der Waals surface area (Å²) in [5.41, 5.74) is 7.62. The maximum Gasteiger partial charge on any atom is 0.129 e. The monoisotopic (exact) mass is 307 g/mol. The molecule has 2 rings (SSSR count). The Bertz CT molecular complexity index is 490. The van der Waals surface area contributed by atoms with E-state index in [-0.39, 0.29) is 0 Å². The molecule has 0 bridgehead atoms. The SMILES string of the molecule is CCC1CCCC(OCc2ccc(OC)c(C(N)=S)c2)C1. The van der Waals surface area contributed by atoms with Crippen LogP contribution in [0.5, 0.6) is 5.75 Å². The van der Waals surface area contributed by atoms with Crippen LogP contribution in [0.3, 0.4) is 0 Å². The quantitative estimate of drug-likeness (QED) is 0.812. The van der Waals surface area contributed by atoms with Crippen LogP contribution < -0.4 is 10.5 Å². The molecule has 0 heterocycles. The third-order valence-corrected chi connectivity index (χ3v) is 4.55. The molecule has 1 aromatic rings. The molecule has 0 saturated heterocycles. The zero-order valence-corrected chi connectivity index (χ0v) is 13.7. The molecule has 0 spiro atoms. The number of ether oxygens (including phenoxy) is 2. The third-order valence-electron chi connectivity index (χ3n) is 4.33. The fraction of sp³-hybridized carbons (Fsp3) is 0.588. The Hall–Kier alpha value is -1.13. The summed E-state index contributed by atoms with van der Waals surface area (Å²) in [4.78, 5) is 0.359. The van der Waals surface area contributed by atoms with Gasteiger partial charge in [0.05, 0.1) is 25.4 Å². The Morgan fingerprint density at radius 1 is 1.38 bits per heavy atom. The molecule has 0 aromatic heterocycles. The fourth-order valence-corrected chi connectivity index (χ4v) is 3.17. The average molecular weight is 307 g/mol. The van der Waals surface area contributed by atoms with Crippen LogP contribution in [0.4, 0.5) is 0 Å². The first-order valence-electron chi connectivity index (χ1n) is 7.72. The predicted molar refractivity (Wildman–Crippen MR) is 89.7 cm³/mol. The van der Waals surface area contributed by atoms with Gasteiger partial charge in [-0.1, -0.05) is 44.5 Å². The molecule has 3 nitrogen and oxygen atoms in total. The molecular weight excluding hydrogens is 282 g/mol. The van der Waals surface area contributed by atoms with Gasteiger partial charge in [-0.3, -0.25) is 0 Å². The van der Waals surface area contributed by atoms with Crippen LogP contribution >= 0.6 is 12.2 Å². The molecule has 2 N–H and O–H groups in total. The number of hydrogen-bond acceptors (Lipinski definition) is 3. The van der Waals surface area contributed by atoms with Crippen molar-refractivity contribution in [1.29, 1.82) is 0 Å². The van der Waals surface area contributed by atoms with Gasteiger partial charge >= 0.3 is 0 Å². The second-order valence-electron chi connectivity index (χ2n) is 5.77. The lowest BCUT2D eigenvalue weighted by molar-refractivity contribution is 0.00175. The van der Waals surface area contributed by atoms with Gasteiger partial charge in [0.2, 0.25) is 0 Å². The van der Waals surface area contributed by atoms with Crippen molar-refractivity contribution < 1.29 is 9.47 Å². The van der Waals surface area contributed by atoms with Gasteiger partial charge < -0.3 is 15.2 Å². The van der Waals surface area contributed by atoms with E-state index in [0.29, 0.717) is 17.7 Å². The molecule has 21 heavy (non-hydrogen) atoms. The van der Waals surface area contributed by atoms with Crippen molar-refractivity contribution in [2.45, 2.75) is 51.7 Å². The first kappa shape index (κ1) is 16.2. The van der Waals surface area contributed by atoms with Crippen LogP contribution in [-0.2, 0) is 11.3 Å². The van der Waals surface area contributed by atoms with Crippen LogP contribution in [0.2, 0.25) is 0 Å². The highest BCUT2D eigenvalue weighted by molar-refractivity contribution is 7.80. The highest BCUT2D eigenvalue weighted by Gasteiger charge is 2.21. The first-order chi connectivity index (χ1) is 10.1. The highest BCUT2D eigenvalue weighted by Crippen LogP contribution is 2.29. The fourth-order valence-electron chi connectivity index (χ4n) is 3.02. The lowest BCUT2D eigenvalue weighted by Gasteiger charge is -2.28. The summed E-state index contributed by atoms with van der Waals surface area (Å²) >= 11 is 5.07. The summed E-state index contributed by atoms with van der Waals surface area (Å²) in [7, 11) is 1.63. The molecule has 4 heteroatoms. The number of thiocarbonyl (C=S) groups is 1. The van der Waals surface area contributed by atoms with Crippen molar-refractivity contribution in [3.8, 4) is 5.75 Å². The van der Waals surface area contributed by atoms with E-state index in [1.807, 2.05) is 18.2 Å². The molecule has 0 aliphatic heterocycles. The topological polar surface area (TPSA) is 44.5 Å². The second kappa shape index (κ2) is 7.76. The summed E-state index contributed by atoms with van der Waals surface area (Å²) in [5, 5.41) is 0.